The van der Waals surface area contributed by atoms with Crippen molar-refractivity contribution >= 4 is 0 Å². The van der Waals surface area contributed by atoms with Gasteiger partial charge < -0.3 is 19.3 Å². The molecule has 0 bridgehead atoms. The van der Waals surface area contributed by atoms with Gasteiger partial charge in [0.15, 0.2) is 5.79 Å². The maximum atomic E-state index is 8.92. The van der Waals surface area contributed by atoms with E-state index in [0.717, 1.165) is 25.9 Å². The lowest BCUT2D eigenvalue weighted by Gasteiger charge is -2.25. The molecule has 2 aliphatic heterocycles. The smallest absolute Gasteiger partial charge is 0.168 e. The third-order valence-electron chi connectivity index (χ3n) is 2.82. The summed E-state index contributed by atoms with van der Waals surface area (Å²) in [7, 11) is 0. The van der Waals surface area contributed by atoms with E-state index in [4.69, 9.17) is 19.3 Å². The molecule has 0 aromatic heterocycles. The van der Waals surface area contributed by atoms with Gasteiger partial charge >= 0.3 is 0 Å². The zero-order valence-electron chi connectivity index (χ0n) is 8.57. The van der Waals surface area contributed by atoms with Crippen LogP contribution in [0.2, 0.25) is 0 Å². The minimum absolute atomic E-state index is 0.0289. The van der Waals surface area contributed by atoms with Crippen LogP contribution in [-0.4, -0.2) is 42.9 Å². The fourth-order valence-corrected chi connectivity index (χ4v) is 2.11. The fourth-order valence-electron chi connectivity index (χ4n) is 2.11. The van der Waals surface area contributed by atoms with Crippen LogP contribution in [0.3, 0.4) is 0 Å². The topological polar surface area (TPSA) is 47.9 Å². The molecular weight excluding hydrogens is 184 g/mol. The van der Waals surface area contributed by atoms with Crippen molar-refractivity contribution in [3.8, 4) is 0 Å². The van der Waals surface area contributed by atoms with E-state index in [1.807, 2.05) is 6.92 Å². The quantitative estimate of drug-likeness (QED) is 0.731. The van der Waals surface area contributed by atoms with Gasteiger partial charge in [-0.3, -0.25) is 0 Å². The fraction of sp³-hybridized carbons (Fsp3) is 1.00. The molecular formula is C10H18O4. The minimum atomic E-state index is -0.553. The molecule has 0 aliphatic carbocycles. The molecule has 82 valence electrons. The predicted molar refractivity (Wildman–Crippen MR) is 49.9 cm³/mol. The van der Waals surface area contributed by atoms with Crippen LogP contribution >= 0.6 is 0 Å². The molecule has 1 N–H and O–H groups in total. The van der Waals surface area contributed by atoms with Crippen LogP contribution in [0, 0.1) is 0 Å². The zero-order valence-corrected chi connectivity index (χ0v) is 8.57. The third kappa shape index (κ3) is 2.25. The van der Waals surface area contributed by atoms with E-state index in [1.54, 1.807) is 0 Å². The second-order valence-corrected chi connectivity index (χ2v) is 4.21. The lowest BCUT2D eigenvalue weighted by atomic mass is 10.1. The zero-order chi connectivity index (χ0) is 10.0. The molecule has 2 aliphatic rings. The summed E-state index contributed by atoms with van der Waals surface area (Å²) >= 11 is 0. The van der Waals surface area contributed by atoms with Gasteiger partial charge in [0.1, 0.15) is 6.10 Å². The second-order valence-electron chi connectivity index (χ2n) is 4.21. The Hall–Kier alpha value is -0.160. The number of aliphatic hydroxyl groups is 1. The summed E-state index contributed by atoms with van der Waals surface area (Å²) in [6.45, 7) is 3.29. The van der Waals surface area contributed by atoms with Crippen molar-refractivity contribution in [3.63, 3.8) is 0 Å². The first kappa shape index (κ1) is 10.4. The Morgan fingerprint density at radius 2 is 2.29 bits per heavy atom. The number of aliphatic hydroxyl groups excluding tert-OH is 1. The summed E-state index contributed by atoms with van der Waals surface area (Å²) in [6.07, 6.45) is 3.08. The van der Waals surface area contributed by atoms with Crippen molar-refractivity contribution in [2.45, 2.75) is 44.2 Å². The molecule has 4 nitrogen and oxygen atoms in total. The summed E-state index contributed by atoms with van der Waals surface area (Å²) in [5.41, 5.74) is 0. The number of hydrogen-bond acceptors (Lipinski definition) is 4. The van der Waals surface area contributed by atoms with Gasteiger partial charge in [0.2, 0.25) is 0 Å². The second kappa shape index (κ2) is 4.14. The third-order valence-corrected chi connectivity index (χ3v) is 2.82. The normalized spacial score (nSPS) is 43.3. The minimum Gasteiger partial charge on any atom is -0.394 e. The van der Waals surface area contributed by atoms with Gasteiger partial charge in [0.25, 0.3) is 0 Å². The van der Waals surface area contributed by atoms with Crippen molar-refractivity contribution in [2.24, 2.45) is 0 Å². The van der Waals surface area contributed by atoms with Crippen LogP contribution in [0.4, 0.5) is 0 Å². The molecule has 0 aromatic rings. The Balaban J connectivity index is 1.83. The van der Waals surface area contributed by atoms with E-state index >= 15 is 0 Å². The first-order chi connectivity index (χ1) is 6.72. The van der Waals surface area contributed by atoms with Gasteiger partial charge in [0.05, 0.1) is 19.3 Å². The van der Waals surface area contributed by atoms with Gasteiger partial charge in [-0.2, -0.15) is 0 Å². The largest absolute Gasteiger partial charge is 0.394 e. The standard InChI is InChI=1S/C10H18O4/c1-10(5-8-3-2-4-12-8)13-7-9(6-11)14-10/h8-9,11H,2-7H2,1H3. The van der Waals surface area contributed by atoms with E-state index < -0.39 is 5.79 Å². The van der Waals surface area contributed by atoms with Crippen molar-refractivity contribution in [1.29, 1.82) is 0 Å². The lowest BCUT2D eigenvalue weighted by Crippen LogP contribution is -2.32. The number of rotatable bonds is 3. The molecule has 0 saturated carbocycles. The molecule has 0 amide bonds. The lowest BCUT2D eigenvalue weighted by molar-refractivity contribution is -0.176. The Morgan fingerprint density at radius 1 is 1.43 bits per heavy atom. The molecule has 2 saturated heterocycles. The van der Waals surface area contributed by atoms with E-state index in [1.165, 1.54) is 0 Å². The highest BCUT2D eigenvalue weighted by Gasteiger charge is 2.39. The monoisotopic (exact) mass is 202 g/mol. The van der Waals surface area contributed by atoms with E-state index in [2.05, 4.69) is 0 Å². The first-order valence-corrected chi connectivity index (χ1v) is 5.26. The SMILES string of the molecule is CC1(CC2CCCO2)OCC(CO)O1. The molecule has 14 heavy (non-hydrogen) atoms. The summed E-state index contributed by atoms with van der Waals surface area (Å²) in [6, 6.07) is 0. The predicted octanol–water partition coefficient (Wildman–Crippen LogP) is 0.679. The average Bonchev–Trinajstić information content (AvgIpc) is 2.76. The van der Waals surface area contributed by atoms with Crippen LogP contribution in [0.1, 0.15) is 26.2 Å². The summed E-state index contributed by atoms with van der Waals surface area (Å²) in [5.74, 6) is -0.553. The average molecular weight is 202 g/mol. The molecule has 2 rings (SSSR count). The van der Waals surface area contributed by atoms with Gasteiger partial charge in [-0.25, -0.2) is 0 Å². The van der Waals surface area contributed by atoms with Crippen LogP contribution < -0.4 is 0 Å². The Kier molecular flexibility index (Phi) is 3.07. The molecule has 2 fully saturated rings. The van der Waals surface area contributed by atoms with Gasteiger partial charge in [-0.15, -0.1) is 0 Å². The Labute approximate surface area is 84.1 Å². The van der Waals surface area contributed by atoms with Crippen LogP contribution in [0.5, 0.6) is 0 Å². The molecule has 2 heterocycles. The summed E-state index contributed by atoms with van der Waals surface area (Å²) in [5, 5.41) is 8.92. The highest BCUT2D eigenvalue weighted by molar-refractivity contribution is 4.79. The van der Waals surface area contributed by atoms with Gasteiger partial charge in [0, 0.05) is 13.0 Å². The highest BCUT2D eigenvalue weighted by atomic mass is 16.7. The first-order valence-electron chi connectivity index (χ1n) is 5.26. The molecule has 3 atom stereocenters. The highest BCUT2D eigenvalue weighted by Crippen LogP contribution is 2.31. The van der Waals surface area contributed by atoms with Crippen molar-refractivity contribution < 1.29 is 19.3 Å². The van der Waals surface area contributed by atoms with E-state index in [-0.39, 0.29) is 18.8 Å². The van der Waals surface area contributed by atoms with E-state index in [0.29, 0.717) is 6.61 Å². The van der Waals surface area contributed by atoms with Crippen molar-refractivity contribution in [2.75, 3.05) is 19.8 Å². The summed E-state index contributed by atoms with van der Waals surface area (Å²) in [4.78, 5) is 0. The van der Waals surface area contributed by atoms with Gasteiger partial charge in [-0.05, 0) is 19.8 Å². The number of hydrogen-bond donors (Lipinski definition) is 1. The Bertz CT molecular complexity index is 191. The van der Waals surface area contributed by atoms with Crippen LogP contribution in [0.25, 0.3) is 0 Å². The molecule has 0 aromatic carbocycles. The van der Waals surface area contributed by atoms with Crippen molar-refractivity contribution in [1.82, 2.24) is 0 Å². The van der Waals surface area contributed by atoms with Gasteiger partial charge in [-0.1, -0.05) is 0 Å². The number of ether oxygens (including phenoxy) is 3. The molecule has 4 heteroatoms. The molecule has 3 unspecified atom stereocenters. The maximum absolute atomic E-state index is 8.92. The maximum Gasteiger partial charge on any atom is 0.168 e. The van der Waals surface area contributed by atoms with Crippen LogP contribution in [-0.2, 0) is 14.2 Å². The molecule has 0 spiro atoms. The van der Waals surface area contributed by atoms with Crippen LogP contribution in [0.15, 0.2) is 0 Å². The van der Waals surface area contributed by atoms with Crippen molar-refractivity contribution in [3.05, 3.63) is 0 Å². The summed E-state index contributed by atoms with van der Waals surface area (Å²) < 4.78 is 16.7. The van der Waals surface area contributed by atoms with E-state index in [9.17, 15) is 0 Å². The Morgan fingerprint density at radius 3 is 2.86 bits per heavy atom. The molecule has 0 radical (unpaired) electrons.